The van der Waals surface area contributed by atoms with Gasteiger partial charge in [0.1, 0.15) is 5.82 Å². The lowest BCUT2D eigenvalue weighted by Gasteiger charge is -2.11. The molecule has 1 aromatic heterocycles. The van der Waals surface area contributed by atoms with Gasteiger partial charge in [-0.15, -0.1) is 0 Å². The number of aromatic amines is 1. The number of aromatic nitrogens is 2. The summed E-state index contributed by atoms with van der Waals surface area (Å²) in [6, 6.07) is 5.12. The molecular formula is C14H14BrFN2S. The van der Waals surface area contributed by atoms with Crippen LogP contribution in [-0.4, -0.2) is 9.55 Å². The molecule has 0 fully saturated rings. The molecule has 0 spiro atoms. The van der Waals surface area contributed by atoms with E-state index in [4.69, 9.17) is 12.2 Å². The molecule has 1 aliphatic rings. The van der Waals surface area contributed by atoms with Gasteiger partial charge in [-0.3, -0.25) is 0 Å². The van der Waals surface area contributed by atoms with Crippen LogP contribution in [0.3, 0.4) is 0 Å². The maximum Gasteiger partial charge on any atom is 0.177 e. The molecule has 0 saturated carbocycles. The van der Waals surface area contributed by atoms with E-state index in [1.165, 1.54) is 11.8 Å². The molecule has 1 aliphatic heterocycles. The second kappa shape index (κ2) is 4.87. The van der Waals surface area contributed by atoms with Crippen LogP contribution in [0.25, 0.3) is 0 Å². The van der Waals surface area contributed by atoms with Gasteiger partial charge in [0.05, 0.1) is 0 Å². The van der Waals surface area contributed by atoms with Crippen LogP contribution in [0.2, 0.25) is 0 Å². The molecule has 0 bridgehead atoms. The molecular weight excluding hydrogens is 327 g/mol. The molecule has 2 heterocycles. The minimum Gasteiger partial charge on any atom is -0.335 e. The van der Waals surface area contributed by atoms with Gasteiger partial charge in [0.25, 0.3) is 0 Å². The van der Waals surface area contributed by atoms with Crippen molar-refractivity contribution in [2.24, 2.45) is 0 Å². The topological polar surface area (TPSA) is 20.7 Å². The van der Waals surface area contributed by atoms with E-state index >= 15 is 0 Å². The van der Waals surface area contributed by atoms with Gasteiger partial charge in [0.2, 0.25) is 0 Å². The van der Waals surface area contributed by atoms with Crippen molar-refractivity contribution in [2.75, 3.05) is 0 Å². The zero-order valence-corrected chi connectivity index (χ0v) is 12.9. The van der Waals surface area contributed by atoms with Crippen molar-refractivity contribution in [3.05, 3.63) is 50.2 Å². The Morgan fingerprint density at radius 3 is 3.11 bits per heavy atom. The first-order valence-corrected chi connectivity index (χ1v) is 7.49. The predicted octanol–water partition coefficient (Wildman–Crippen LogP) is 4.49. The lowest BCUT2D eigenvalue weighted by molar-refractivity contribution is 0.583. The van der Waals surface area contributed by atoms with Crippen LogP contribution < -0.4 is 0 Å². The molecule has 0 unspecified atom stereocenters. The van der Waals surface area contributed by atoms with Crippen molar-refractivity contribution in [1.82, 2.24) is 9.55 Å². The Morgan fingerprint density at radius 1 is 1.53 bits per heavy atom. The van der Waals surface area contributed by atoms with Gasteiger partial charge < -0.3 is 9.55 Å². The number of H-pyrrole nitrogens is 1. The average molecular weight is 341 g/mol. The summed E-state index contributed by atoms with van der Waals surface area (Å²) >= 11 is 8.69. The highest BCUT2D eigenvalue weighted by Gasteiger charge is 2.26. The van der Waals surface area contributed by atoms with Crippen LogP contribution in [0.5, 0.6) is 0 Å². The first kappa shape index (κ1) is 13.1. The number of nitrogens with zero attached hydrogens (tertiary/aromatic N) is 1. The highest BCUT2D eigenvalue weighted by atomic mass is 79.9. The van der Waals surface area contributed by atoms with Gasteiger partial charge in [-0.05, 0) is 55.7 Å². The third-order valence-corrected chi connectivity index (χ3v) is 4.59. The fraction of sp³-hybridized carbons (Fsp3) is 0.357. The standard InChI is InChI=1S/C14H14BrFN2S/c1-8-13-9(4-5-18(13)14(19)17-8)6-10-7-11(15)2-3-12(10)16/h2-3,7,9H,4-6H2,1H3,(H,17,19)/t9-/m1/s1. The van der Waals surface area contributed by atoms with E-state index in [2.05, 4.69) is 25.5 Å². The number of benzene rings is 1. The molecule has 0 radical (unpaired) electrons. The number of hydrogen-bond donors (Lipinski definition) is 1. The quantitative estimate of drug-likeness (QED) is 0.799. The van der Waals surface area contributed by atoms with E-state index in [9.17, 15) is 4.39 Å². The van der Waals surface area contributed by atoms with Crippen molar-refractivity contribution < 1.29 is 4.39 Å². The summed E-state index contributed by atoms with van der Waals surface area (Å²) < 4.78 is 17.7. The van der Waals surface area contributed by atoms with Gasteiger partial charge in [0, 0.05) is 28.3 Å². The van der Waals surface area contributed by atoms with Crippen molar-refractivity contribution in [2.45, 2.75) is 32.2 Å². The summed E-state index contributed by atoms with van der Waals surface area (Å²) in [5.41, 5.74) is 3.12. The van der Waals surface area contributed by atoms with Crippen LogP contribution in [0, 0.1) is 17.5 Å². The van der Waals surface area contributed by atoms with E-state index < -0.39 is 0 Å². The number of aryl methyl sites for hydroxylation is 1. The van der Waals surface area contributed by atoms with Crippen LogP contribution >= 0.6 is 28.1 Å². The summed E-state index contributed by atoms with van der Waals surface area (Å²) in [5, 5.41) is 0. The van der Waals surface area contributed by atoms with E-state index in [1.807, 2.05) is 13.0 Å². The monoisotopic (exact) mass is 340 g/mol. The second-order valence-corrected chi connectivity index (χ2v) is 6.32. The van der Waals surface area contributed by atoms with Crippen molar-refractivity contribution in [3.8, 4) is 0 Å². The average Bonchev–Trinajstić information content (AvgIpc) is 2.88. The highest BCUT2D eigenvalue weighted by molar-refractivity contribution is 9.10. The van der Waals surface area contributed by atoms with Gasteiger partial charge in [-0.1, -0.05) is 15.9 Å². The Kier molecular flexibility index (Phi) is 3.35. The first-order chi connectivity index (χ1) is 9.06. The van der Waals surface area contributed by atoms with Gasteiger partial charge in [-0.2, -0.15) is 0 Å². The fourth-order valence-electron chi connectivity index (χ4n) is 2.94. The number of imidazole rings is 1. The smallest absolute Gasteiger partial charge is 0.177 e. The van der Waals surface area contributed by atoms with Crippen molar-refractivity contribution in [3.63, 3.8) is 0 Å². The van der Waals surface area contributed by atoms with Crippen molar-refractivity contribution >= 4 is 28.1 Å². The maximum absolute atomic E-state index is 13.8. The normalized spacial score (nSPS) is 17.7. The highest BCUT2D eigenvalue weighted by Crippen LogP contribution is 2.34. The molecule has 1 atom stereocenters. The minimum absolute atomic E-state index is 0.131. The van der Waals surface area contributed by atoms with E-state index in [-0.39, 0.29) is 5.82 Å². The van der Waals surface area contributed by atoms with Crippen LogP contribution in [-0.2, 0) is 13.0 Å². The third-order valence-electron chi connectivity index (χ3n) is 3.78. The van der Waals surface area contributed by atoms with Crippen LogP contribution in [0.1, 0.15) is 29.3 Å². The van der Waals surface area contributed by atoms with Crippen LogP contribution in [0.15, 0.2) is 22.7 Å². The third kappa shape index (κ3) is 2.30. The summed E-state index contributed by atoms with van der Waals surface area (Å²) in [6.45, 7) is 2.97. The molecule has 0 aliphatic carbocycles. The van der Waals surface area contributed by atoms with Gasteiger partial charge in [-0.25, -0.2) is 4.39 Å². The molecule has 2 aromatic rings. The molecule has 2 nitrogen and oxygen atoms in total. The largest absolute Gasteiger partial charge is 0.335 e. The molecule has 1 N–H and O–H groups in total. The summed E-state index contributed by atoms with van der Waals surface area (Å²) in [4.78, 5) is 3.19. The number of nitrogens with one attached hydrogen (secondary N) is 1. The first-order valence-electron chi connectivity index (χ1n) is 6.29. The number of rotatable bonds is 2. The van der Waals surface area contributed by atoms with Crippen LogP contribution in [0.4, 0.5) is 4.39 Å². The Bertz CT molecular complexity index is 689. The molecule has 5 heteroatoms. The Labute approximate surface area is 124 Å². The van der Waals surface area contributed by atoms with E-state index in [0.29, 0.717) is 5.92 Å². The molecule has 100 valence electrons. The minimum atomic E-state index is -0.131. The van der Waals surface area contributed by atoms with Gasteiger partial charge in [0.15, 0.2) is 4.77 Å². The summed E-state index contributed by atoms with van der Waals surface area (Å²) in [7, 11) is 0. The summed E-state index contributed by atoms with van der Waals surface area (Å²) in [5.74, 6) is 0.213. The lowest BCUT2D eigenvalue weighted by Crippen LogP contribution is -2.02. The van der Waals surface area contributed by atoms with E-state index in [0.717, 1.165) is 39.9 Å². The zero-order valence-electron chi connectivity index (χ0n) is 10.5. The summed E-state index contributed by atoms with van der Waals surface area (Å²) in [6.07, 6.45) is 1.75. The van der Waals surface area contributed by atoms with Gasteiger partial charge >= 0.3 is 0 Å². The molecule has 1 aromatic carbocycles. The maximum atomic E-state index is 13.8. The predicted molar refractivity (Wildman–Crippen MR) is 79.5 cm³/mol. The number of fused-ring (bicyclic) bond motifs is 1. The SMILES string of the molecule is Cc1[nH]c(=S)n2c1[C@@H](Cc1cc(Br)ccc1F)CC2. The van der Waals surface area contributed by atoms with Crippen molar-refractivity contribution in [1.29, 1.82) is 0 Å². The molecule has 0 amide bonds. The Balaban J connectivity index is 1.95. The van der Waals surface area contributed by atoms with E-state index in [1.54, 1.807) is 6.07 Å². The fourth-order valence-corrected chi connectivity index (χ4v) is 3.69. The number of halogens is 2. The lowest BCUT2D eigenvalue weighted by atomic mass is 9.94. The second-order valence-electron chi connectivity index (χ2n) is 5.02. The molecule has 3 rings (SSSR count). The number of hydrogen-bond acceptors (Lipinski definition) is 1. The Hall–Kier alpha value is -0.940. The molecule has 19 heavy (non-hydrogen) atoms. The zero-order chi connectivity index (χ0) is 13.6. The molecule has 0 saturated heterocycles. The Morgan fingerprint density at radius 2 is 2.32 bits per heavy atom.